The second-order valence-electron chi connectivity index (χ2n) is 3.84. The van der Waals surface area contributed by atoms with Gasteiger partial charge in [-0.2, -0.15) is 0 Å². The zero-order chi connectivity index (χ0) is 12.4. The molecule has 2 rings (SSSR count). The molecule has 6 heteroatoms. The lowest BCUT2D eigenvalue weighted by Gasteiger charge is -2.35. The number of carbonyl (C=O) groups is 1. The Hall–Kier alpha value is -0.290. The molecule has 1 aliphatic heterocycles. The lowest BCUT2D eigenvalue weighted by molar-refractivity contribution is 0.183. The van der Waals surface area contributed by atoms with Crippen LogP contribution >= 0.6 is 39.1 Å². The number of amides is 1. The Labute approximate surface area is 118 Å². The molecule has 1 aromatic rings. The van der Waals surface area contributed by atoms with Gasteiger partial charge in [0.1, 0.15) is 0 Å². The van der Waals surface area contributed by atoms with Crippen LogP contribution in [0.25, 0.3) is 0 Å². The molecule has 0 spiro atoms. The molecule has 1 heterocycles. The Kier molecular flexibility index (Phi) is 4.31. The lowest BCUT2D eigenvalue weighted by atomic mass is 10.0. The zero-order valence-electron chi connectivity index (χ0n) is 8.92. The number of halogens is 3. The SMILES string of the molecule is O=C(Br)N1CCNC[C@H]1c1ccc(Cl)c(Cl)c1. The van der Waals surface area contributed by atoms with E-state index in [0.717, 1.165) is 18.7 Å². The molecule has 1 atom stereocenters. The van der Waals surface area contributed by atoms with Crippen molar-refractivity contribution < 1.29 is 4.79 Å². The highest BCUT2D eigenvalue weighted by atomic mass is 79.9. The zero-order valence-corrected chi connectivity index (χ0v) is 12.0. The maximum Gasteiger partial charge on any atom is 0.290 e. The van der Waals surface area contributed by atoms with E-state index < -0.39 is 0 Å². The first kappa shape index (κ1) is 13.1. The van der Waals surface area contributed by atoms with Gasteiger partial charge in [0, 0.05) is 35.6 Å². The summed E-state index contributed by atoms with van der Waals surface area (Å²) in [5.41, 5.74) is 0.986. The van der Waals surface area contributed by atoms with E-state index in [9.17, 15) is 4.79 Å². The van der Waals surface area contributed by atoms with E-state index in [0.29, 0.717) is 16.6 Å². The van der Waals surface area contributed by atoms with Crippen LogP contribution < -0.4 is 5.32 Å². The second-order valence-corrected chi connectivity index (χ2v) is 5.33. The van der Waals surface area contributed by atoms with Crippen LogP contribution in [0.5, 0.6) is 0 Å². The third-order valence-electron chi connectivity index (χ3n) is 2.80. The summed E-state index contributed by atoms with van der Waals surface area (Å²) < 4.78 is 0. The lowest BCUT2D eigenvalue weighted by Crippen LogP contribution is -2.46. The molecule has 1 fully saturated rings. The predicted molar refractivity (Wildman–Crippen MR) is 73.1 cm³/mol. The summed E-state index contributed by atoms with van der Waals surface area (Å²) in [5, 5.41) is 4.30. The van der Waals surface area contributed by atoms with Gasteiger partial charge in [-0.15, -0.1) is 0 Å². The monoisotopic (exact) mass is 336 g/mol. The van der Waals surface area contributed by atoms with Gasteiger partial charge in [-0.25, -0.2) is 0 Å². The van der Waals surface area contributed by atoms with E-state index >= 15 is 0 Å². The van der Waals surface area contributed by atoms with Crippen molar-refractivity contribution in [1.29, 1.82) is 0 Å². The molecule has 1 amide bonds. The van der Waals surface area contributed by atoms with E-state index in [1.807, 2.05) is 12.1 Å². The molecule has 1 aromatic carbocycles. The summed E-state index contributed by atoms with van der Waals surface area (Å²) in [6.45, 7) is 2.19. The fraction of sp³-hybridized carbons (Fsp3) is 0.364. The third-order valence-corrected chi connectivity index (χ3v) is 3.99. The van der Waals surface area contributed by atoms with Crippen LogP contribution in [0.4, 0.5) is 4.79 Å². The highest BCUT2D eigenvalue weighted by Gasteiger charge is 2.26. The summed E-state index contributed by atoms with van der Waals surface area (Å²) in [7, 11) is 0. The standard InChI is InChI=1S/C11H11BrCl2N2O/c12-11(17)16-4-3-15-6-10(16)7-1-2-8(13)9(14)5-7/h1-2,5,10,15H,3-4,6H2/t10-/m0/s1. The number of rotatable bonds is 1. The molecule has 1 saturated heterocycles. The van der Waals surface area contributed by atoms with Gasteiger partial charge in [-0.05, 0) is 17.7 Å². The summed E-state index contributed by atoms with van der Waals surface area (Å²) in [6, 6.07) is 5.45. The first-order valence-electron chi connectivity index (χ1n) is 5.21. The molecule has 0 saturated carbocycles. The average molecular weight is 338 g/mol. The largest absolute Gasteiger partial charge is 0.324 e. The van der Waals surface area contributed by atoms with Crippen molar-refractivity contribution in [3.8, 4) is 0 Å². The van der Waals surface area contributed by atoms with Gasteiger partial charge in [-0.1, -0.05) is 29.3 Å². The Morgan fingerprint density at radius 3 is 2.82 bits per heavy atom. The highest BCUT2D eigenvalue weighted by Crippen LogP contribution is 2.29. The molecule has 92 valence electrons. The number of hydrogen-bond acceptors (Lipinski definition) is 2. The van der Waals surface area contributed by atoms with Gasteiger partial charge in [-0.3, -0.25) is 4.79 Å². The van der Waals surface area contributed by atoms with Gasteiger partial charge in [0.05, 0.1) is 16.1 Å². The first-order chi connectivity index (χ1) is 8.09. The Balaban J connectivity index is 2.29. The molecule has 0 aliphatic carbocycles. The number of benzene rings is 1. The minimum Gasteiger partial charge on any atom is -0.324 e. The molecular weight excluding hydrogens is 327 g/mol. The normalized spacial score (nSPS) is 20.4. The number of hydrogen-bond donors (Lipinski definition) is 1. The molecule has 0 unspecified atom stereocenters. The van der Waals surface area contributed by atoms with Crippen molar-refractivity contribution in [3.05, 3.63) is 33.8 Å². The van der Waals surface area contributed by atoms with Crippen LogP contribution in [-0.2, 0) is 0 Å². The molecule has 0 bridgehead atoms. The number of carbonyl (C=O) groups excluding carboxylic acids is 1. The molecule has 0 aromatic heterocycles. The summed E-state index contributed by atoms with van der Waals surface area (Å²) >= 11 is 14.9. The fourth-order valence-corrected chi connectivity index (χ4v) is 2.66. The van der Waals surface area contributed by atoms with Gasteiger partial charge in [0.15, 0.2) is 0 Å². The van der Waals surface area contributed by atoms with Gasteiger partial charge >= 0.3 is 0 Å². The van der Waals surface area contributed by atoms with Crippen LogP contribution in [-0.4, -0.2) is 29.4 Å². The molecule has 17 heavy (non-hydrogen) atoms. The summed E-state index contributed by atoms with van der Waals surface area (Å²) in [6.07, 6.45) is 0. The van der Waals surface area contributed by atoms with Crippen molar-refractivity contribution in [2.45, 2.75) is 6.04 Å². The second kappa shape index (κ2) is 5.57. The van der Waals surface area contributed by atoms with Crippen molar-refractivity contribution in [2.24, 2.45) is 0 Å². The Morgan fingerprint density at radius 1 is 1.41 bits per heavy atom. The van der Waals surface area contributed by atoms with Crippen molar-refractivity contribution in [3.63, 3.8) is 0 Å². The van der Waals surface area contributed by atoms with Crippen LogP contribution in [0.2, 0.25) is 10.0 Å². The van der Waals surface area contributed by atoms with E-state index in [4.69, 9.17) is 23.2 Å². The number of nitrogens with zero attached hydrogens (tertiary/aromatic N) is 1. The fourth-order valence-electron chi connectivity index (χ4n) is 1.93. The third kappa shape index (κ3) is 2.94. The predicted octanol–water partition coefficient (Wildman–Crippen LogP) is 3.45. The maximum absolute atomic E-state index is 11.5. The van der Waals surface area contributed by atoms with E-state index in [1.165, 1.54) is 0 Å². The van der Waals surface area contributed by atoms with Crippen LogP contribution in [0.3, 0.4) is 0 Å². The smallest absolute Gasteiger partial charge is 0.290 e. The van der Waals surface area contributed by atoms with Gasteiger partial charge in [0.2, 0.25) is 0 Å². The highest BCUT2D eigenvalue weighted by molar-refractivity contribution is 9.18. The van der Waals surface area contributed by atoms with E-state index in [1.54, 1.807) is 11.0 Å². The Bertz CT molecular complexity index is 441. The van der Waals surface area contributed by atoms with E-state index in [2.05, 4.69) is 21.2 Å². The number of piperazine rings is 1. The van der Waals surface area contributed by atoms with Crippen LogP contribution in [0, 0.1) is 0 Å². The van der Waals surface area contributed by atoms with Crippen molar-refractivity contribution in [1.82, 2.24) is 10.2 Å². The van der Waals surface area contributed by atoms with Crippen molar-refractivity contribution in [2.75, 3.05) is 19.6 Å². The molecule has 0 radical (unpaired) electrons. The summed E-state index contributed by atoms with van der Waals surface area (Å²) in [4.78, 5) is 13.2. The van der Waals surface area contributed by atoms with Crippen LogP contribution in [0.1, 0.15) is 11.6 Å². The van der Waals surface area contributed by atoms with Crippen molar-refractivity contribution >= 4 is 43.9 Å². The van der Waals surface area contributed by atoms with E-state index in [-0.39, 0.29) is 10.9 Å². The molecule has 1 aliphatic rings. The number of nitrogens with one attached hydrogen (secondary N) is 1. The average Bonchev–Trinajstić information content (AvgIpc) is 2.32. The molecule has 3 nitrogen and oxygen atoms in total. The summed E-state index contributed by atoms with van der Waals surface area (Å²) in [5.74, 6) is 0. The topological polar surface area (TPSA) is 32.3 Å². The molecular formula is C11H11BrCl2N2O. The van der Waals surface area contributed by atoms with Gasteiger partial charge < -0.3 is 10.2 Å². The maximum atomic E-state index is 11.5. The van der Waals surface area contributed by atoms with Gasteiger partial charge in [0.25, 0.3) is 4.82 Å². The van der Waals surface area contributed by atoms with Crippen LogP contribution in [0.15, 0.2) is 18.2 Å². The Morgan fingerprint density at radius 2 is 2.18 bits per heavy atom. The minimum atomic E-state index is -0.102. The minimum absolute atomic E-state index is 0.00890. The molecule has 1 N–H and O–H groups in total. The quantitative estimate of drug-likeness (QED) is 0.628. The first-order valence-corrected chi connectivity index (χ1v) is 6.76.